The lowest BCUT2D eigenvalue weighted by Gasteiger charge is -2.32. The number of nitrogens with zero attached hydrogens (tertiary/aromatic N) is 1. The lowest BCUT2D eigenvalue weighted by atomic mass is 9.77. The molecule has 3 aromatic carbocycles. The van der Waals surface area contributed by atoms with Crippen molar-refractivity contribution < 1.29 is 0 Å². The summed E-state index contributed by atoms with van der Waals surface area (Å²) in [5.74, 6) is 0.961. The Morgan fingerprint density at radius 1 is 0.545 bits per heavy atom. The molecule has 0 saturated carbocycles. The first kappa shape index (κ1) is 33.2. The largest absolute Gasteiger partial charge is 0.333 e. The second-order valence-corrected chi connectivity index (χ2v) is 18.7. The summed E-state index contributed by atoms with van der Waals surface area (Å²) in [7, 11) is 0. The van der Waals surface area contributed by atoms with Gasteiger partial charge in [0, 0.05) is 26.8 Å². The maximum atomic E-state index is 7.15. The Labute approximate surface area is 277 Å². The minimum atomic E-state index is 0.0305. The van der Waals surface area contributed by atoms with Crippen molar-refractivity contribution in [2.75, 3.05) is 10.8 Å². The van der Waals surface area contributed by atoms with Gasteiger partial charge >= 0.3 is 0 Å². The van der Waals surface area contributed by atoms with Crippen LogP contribution in [0.4, 0.5) is 5.69 Å². The fourth-order valence-corrected chi connectivity index (χ4v) is 7.81. The number of hydrogen-bond donors (Lipinski definition) is 0. The van der Waals surface area contributed by atoms with Crippen LogP contribution in [-0.2, 0) is 21.7 Å². The van der Waals surface area contributed by atoms with Gasteiger partial charge in [-0.05, 0) is 92.9 Å². The molecule has 0 amide bonds. The Bertz CT molecular complexity index is 1440. The van der Waals surface area contributed by atoms with E-state index in [9.17, 15) is 0 Å². The Morgan fingerprint density at radius 2 is 0.932 bits per heavy atom. The maximum Gasteiger partial charge on any atom is 0.0729 e. The summed E-state index contributed by atoms with van der Waals surface area (Å²) in [5.41, 5.74) is 13.4. The Morgan fingerprint density at radius 3 is 1.32 bits per heavy atom. The third-order valence-corrected chi connectivity index (χ3v) is 10.8. The van der Waals surface area contributed by atoms with Crippen LogP contribution >= 0.6 is 23.4 Å². The van der Waals surface area contributed by atoms with Gasteiger partial charge in [-0.2, -0.15) is 0 Å². The number of thioether (sulfide) groups is 1. The zero-order valence-electron chi connectivity index (χ0n) is 29.4. The van der Waals surface area contributed by atoms with Crippen molar-refractivity contribution in [2.45, 2.75) is 130 Å². The molecule has 0 bridgehead atoms. The number of halogens is 1. The molecule has 0 radical (unpaired) electrons. The van der Waals surface area contributed by atoms with Crippen molar-refractivity contribution in [3.63, 3.8) is 0 Å². The molecule has 0 aromatic heterocycles. The van der Waals surface area contributed by atoms with Crippen LogP contribution in [0.3, 0.4) is 0 Å². The predicted octanol–water partition coefficient (Wildman–Crippen LogP) is 13.2. The fraction of sp³-hybridized carbons (Fsp3) is 0.512. The molecule has 0 N–H and O–H groups in total. The van der Waals surface area contributed by atoms with Gasteiger partial charge in [-0.3, -0.25) is 0 Å². The zero-order chi connectivity index (χ0) is 32.4. The first-order chi connectivity index (χ1) is 20.2. The molecular weight excluding hydrogens is 574 g/mol. The van der Waals surface area contributed by atoms with Crippen molar-refractivity contribution in [3.05, 3.63) is 86.4 Å². The monoisotopic (exact) mass is 627 g/mol. The average molecular weight is 628 g/mol. The summed E-state index contributed by atoms with van der Waals surface area (Å²) < 4.78 is 0. The lowest BCUT2D eigenvalue weighted by Crippen LogP contribution is -2.21. The normalized spacial score (nSPS) is 16.5. The molecule has 0 spiro atoms. The number of hydrogen-bond acceptors (Lipinski definition) is 2. The smallest absolute Gasteiger partial charge is 0.0729 e. The van der Waals surface area contributed by atoms with Gasteiger partial charge in [0.1, 0.15) is 0 Å². The highest BCUT2D eigenvalue weighted by Crippen LogP contribution is 2.51. The van der Waals surface area contributed by atoms with Crippen molar-refractivity contribution in [2.24, 2.45) is 0 Å². The van der Waals surface area contributed by atoms with Crippen LogP contribution in [0.2, 0.25) is 5.02 Å². The van der Waals surface area contributed by atoms with Gasteiger partial charge in [0.2, 0.25) is 0 Å². The summed E-state index contributed by atoms with van der Waals surface area (Å²) in [6.07, 6.45) is 4.91. The first-order valence-corrected chi connectivity index (χ1v) is 17.9. The molecule has 3 aromatic rings. The third kappa shape index (κ3) is 6.82. The van der Waals surface area contributed by atoms with E-state index >= 15 is 0 Å². The minimum Gasteiger partial charge on any atom is -0.333 e. The van der Waals surface area contributed by atoms with Crippen LogP contribution in [0.15, 0.2) is 59.1 Å². The topological polar surface area (TPSA) is 3.24 Å². The van der Waals surface area contributed by atoms with E-state index in [0.29, 0.717) is 0 Å². The van der Waals surface area contributed by atoms with Crippen LogP contribution in [0, 0.1) is 0 Å². The summed E-state index contributed by atoms with van der Waals surface area (Å²) in [6, 6.07) is 19.0. The molecule has 5 rings (SSSR count). The Balaban J connectivity index is 1.88. The number of benzene rings is 3. The summed E-state index contributed by atoms with van der Waals surface area (Å²) in [5, 5.41) is 0.792. The van der Waals surface area contributed by atoms with Crippen molar-refractivity contribution in [1.29, 1.82) is 0 Å². The Kier molecular flexibility index (Phi) is 8.74. The first-order valence-electron chi connectivity index (χ1n) is 16.5. The van der Waals surface area contributed by atoms with E-state index in [4.69, 9.17) is 11.6 Å². The fourth-order valence-electron chi connectivity index (χ4n) is 6.35. The molecule has 3 heteroatoms. The molecule has 44 heavy (non-hydrogen) atoms. The van der Waals surface area contributed by atoms with Crippen molar-refractivity contribution >= 4 is 29.1 Å². The number of anilines is 1. The molecule has 1 aliphatic heterocycles. The molecule has 0 saturated heterocycles. The quantitative estimate of drug-likeness (QED) is 0.284. The molecule has 2 aliphatic rings. The molecular formula is C41H54ClNS. The maximum absolute atomic E-state index is 7.15. The van der Waals surface area contributed by atoms with Gasteiger partial charge in [0.05, 0.1) is 11.6 Å². The van der Waals surface area contributed by atoms with Crippen molar-refractivity contribution in [3.8, 4) is 22.3 Å². The number of allylic oxidation sites excluding steroid dienone is 2. The second-order valence-electron chi connectivity index (χ2n) is 17.2. The number of rotatable bonds is 3. The van der Waals surface area contributed by atoms with Gasteiger partial charge in [-0.1, -0.05) is 131 Å². The van der Waals surface area contributed by atoms with Crippen LogP contribution in [0.25, 0.3) is 22.3 Å². The van der Waals surface area contributed by atoms with E-state index in [0.717, 1.165) is 17.3 Å². The van der Waals surface area contributed by atoms with E-state index < -0.39 is 0 Å². The summed E-state index contributed by atoms with van der Waals surface area (Å²) in [6.45, 7) is 27.9. The van der Waals surface area contributed by atoms with E-state index in [2.05, 4.69) is 137 Å². The van der Waals surface area contributed by atoms with Gasteiger partial charge in [-0.15, -0.1) is 11.8 Å². The highest BCUT2D eigenvalue weighted by atomic mass is 35.5. The van der Waals surface area contributed by atoms with Gasteiger partial charge in [0.25, 0.3) is 0 Å². The zero-order valence-corrected chi connectivity index (χ0v) is 31.0. The van der Waals surface area contributed by atoms with E-state index in [1.165, 1.54) is 75.2 Å². The molecule has 0 unspecified atom stereocenters. The third-order valence-electron chi connectivity index (χ3n) is 9.38. The van der Waals surface area contributed by atoms with Gasteiger partial charge < -0.3 is 4.90 Å². The minimum absolute atomic E-state index is 0.0305. The standard InChI is InChI=1S/C41H54ClNS/c1-38(2,3)28-17-26(18-29(21-28)39(4,5)6)33-23-32(42)24-34(37(33)43-25-44-36-16-14-13-15-35(36)43)27-19-30(40(7,8)9)22-31(20-27)41(10,11)12/h17-24H,13-16,25H2,1-12H3. The van der Waals surface area contributed by atoms with Crippen LogP contribution in [-0.4, -0.2) is 5.88 Å². The van der Waals surface area contributed by atoms with Crippen LogP contribution in [0.1, 0.15) is 131 Å². The van der Waals surface area contributed by atoms with Gasteiger partial charge in [-0.25, -0.2) is 0 Å². The summed E-state index contributed by atoms with van der Waals surface area (Å²) >= 11 is 9.19. The molecule has 1 nitrogen and oxygen atoms in total. The van der Waals surface area contributed by atoms with E-state index in [1.54, 1.807) is 4.91 Å². The molecule has 0 fully saturated rings. The van der Waals surface area contributed by atoms with Crippen molar-refractivity contribution in [1.82, 2.24) is 0 Å². The van der Waals surface area contributed by atoms with Crippen LogP contribution in [0.5, 0.6) is 0 Å². The predicted molar refractivity (Wildman–Crippen MR) is 198 cm³/mol. The second kappa shape index (κ2) is 11.6. The molecule has 1 heterocycles. The van der Waals surface area contributed by atoms with Crippen LogP contribution < -0.4 is 4.90 Å². The molecule has 0 atom stereocenters. The molecule has 236 valence electrons. The summed E-state index contributed by atoms with van der Waals surface area (Å²) in [4.78, 5) is 4.24. The van der Waals surface area contributed by atoms with Gasteiger partial charge in [0.15, 0.2) is 0 Å². The lowest BCUT2D eigenvalue weighted by molar-refractivity contribution is 0.568. The Hall–Kier alpha value is -2.16. The SMILES string of the molecule is CC(C)(C)c1cc(-c2cc(Cl)cc(-c3cc(C(C)(C)C)cc(C(C)(C)C)c3)c2N2CSC3=C2CCCC3)cc(C(C)(C)C)c1. The van der Waals surface area contributed by atoms with E-state index in [-0.39, 0.29) is 21.7 Å². The molecule has 1 aliphatic carbocycles. The highest BCUT2D eigenvalue weighted by Gasteiger charge is 2.32. The average Bonchev–Trinajstić information content (AvgIpc) is 3.34. The van der Waals surface area contributed by atoms with E-state index in [1.807, 2.05) is 11.8 Å². The highest BCUT2D eigenvalue weighted by molar-refractivity contribution is 8.03.